The second kappa shape index (κ2) is 7.41. The van der Waals surface area contributed by atoms with E-state index in [2.05, 4.69) is 58.3 Å². The standard InChI is InChI=1S/C26H27N5O/c1-16-6-7-18(11-20-10-17-4-2-3-5-19(17)12-26(20)15-32-26)23-21(14-30-24(23)29-13-16)22-8-9-28-25(27)31-22/h2-9,14,16,20H,10-13,15H2,1H3,(H,29,30)(H2,27,28,31). The lowest BCUT2D eigenvalue weighted by Crippen LogP contribution is -2.36. The van der Waals surface area contributed by atoms with Crippen LogP contribution < -0.4 is 16.4 Å². The number of rotatable bonds is 3. The van der Waals surface area contributed by atoms with Gasteiger partial charge in [0.1, 0.15) is 5.49 Å². The number of epoxide rings is 1. The highest BCUT2D eigenvalue weighted by Gasteiger charge is 2.53. The number of allylic oxidation sites excluding steroid dienone is 1. The fourth-order valence-corrected chi connectivity index (χ4v) is 5.22. The van der Waals surface area contributed by atoms with Crippen molar-refractivity contribution in [1.82, 2.24) is 15.0 Å². The summed E-state index contributed by atoms with van der Waals surface area (Å²) in [6.45, 7) is 3.81. The molecule has 1 fully saturated rings. The third-order valence-corrected chi connectivity index (χ3v) is 7.09. The Kier molecular flexibility index (Phi) is 4.50. The number of fused-ring (bicyclic) bond motifs is 2. The highest BCUT2D eigenvalue weighted by molar-refractivity contribution is 5.69. The molecule has 2 aliphatic heterocycles. The molecule has 3 aromatic rings. The van der Waals surface area contributed by atoms with E-state index in [1.54, 1.807) is 6.20 Å². The van der Waals surface area contributed by atoms with E-state index in [0.29, 0.717) is 11.8 Å². The molecule has 6 heteroatoms. The van der Waals surface area contributed by atoms with Crippen molar-refractivity contribution in [3.63, 3.8) is 0 Å². The molecule has 1 aliphatic carbocycles. The van der Waals surface area contributed by atoms with Gasteiger partial charge in [0.25, 0.3) is 0 Å². The maximum atomic E-state index is 6.12. The van der Waals surface area contributed by atoms with Gasteiger partial charge in [-0.2, -0.15) is 0 Å². The first-order chi connectivity index (χ1) is 15.6. The Morgan fingerprint density at radius 1 is 1.22 bits per heavy atom. The van der Waals surface area contributed by atoms with Crippen LogP contribution in [0.3, 0.4) is 0 Å². The van der Waals surface area contributed by atoms with E-state index < -0.39 is 0 Å². The molecule has 3 atom stereocenters. The number of hydrogen-bond acceptors (Lipinski definition) is 5. The molecule has 0 radical (unpaired) electrons. The van der Waals surface area contributed by atoms with Crippen molar-refractivity contribution in [2.45, 2.75) is 31.8 Å². The van der Waals surface area contributed by atoms with Gasteiger partial charge in [-0.15, -0.1) is 0 Å². The van der Waals surface area contributed by atoms with Crippen LogP contribution in [-0.2, 0) is 17.6 Å². The van der Waals surface area contributed by atoms with Gasteiger partial charge < -0.3 is 15.5 Å². The van der Waals surface area contributed by atoms with E-state index in [-0.39, 0.29) is 11.5 Å². The molecule has 2 aromatic heterocycles. The fraction of sp³-hybridized carbons (Fsp3) is 0.346. The van der Waals surface area contributed by atoms with Gasteiger partial charge in [-0.25, -0.2) is 9.97 Å². The molecule has 4 heterocycles. The summed E-state index contributed by atoms with van der Waals surface area (Å²) in [6.07, 6.45) is 11.3. The number of nitrogens with zero attached hydrogens (tertiary/aromatic N) is 3. The monoisotopic (exact) mass is 425 g/mol. The predicted octanol–water partition coefficient (Wildman–Crippen LogP) is 2.60. The Morgan fingerprint density at radius 3 is 2.88 bits per heavy atom. The van der Waals surface area contributed by atoms with E-state index in [1.165, 1.54) is 16.7 Å². The molecule has 0 saturated carbocycles. The lowest BCUT2D eigenvalue weighted by atomic mass is 9.73. The molecule has 32 heavy (non-hydrogen) atoms. The van der Waals surface area contributed by atoms with Crippen LogP contribution in [0.15, 0.2) is 59.9 Å². The van der Waals surface area contributed by atoms with Gasteiger partial charge >= 0.3 is 0 Å². The molecular weight excluding hydrogens is 398 g/mol. The van der Waals surface area contributed by atoms with E-state index in [1.807, 2.05) is 12.3 Å². The topological polar surface area (TPSA) is 92.5 Å². The van der Waals surface area contributed by atoms with E-state index in [4.69, 9.17) is 15.5 Å². The summed E-state index contributed by atoms with van der Waals surface area (Å²) in [7, 11) is 0. The molecule has 162 valence electrons. The Morgan fingerprint density at radius 2 is 2.06 bits per heavy atom. The predicted molar refractivity (Wildman–Crippen MR) is 124 cm³/mol. The second-order valence-corrected chi connectivity index (χ2v) is 9.33. The minimum atomic E-state index is -0.0315. The van der Waals surface area contributed by atoms with Crippen molar-refractivity contribution >= 4 is 11.5 Å². The zero-order valence-electron chi connectivity index (χ0n) is 18.2. The minimum absolute atomic E-state index is 0.0315. The summed E-state index contributed by atoms with van der Waals surface area (Å²) < 4.78 is 6.12. The zero-order chi connectivity index (χ0) is 21.7. The maximum Gasteiger partial charge on any atom is 0.220 e. The molecular formula is C26H27N5O. The van der Waals surface area contributed by atoms with Crippen LogP contribution in [0.2, 0.25) is 0 Å². The number of nitrogens with two attached hydrogens (primary N) is 1. The molecule has 3 unspecified atom stereocenters. The van der Waals surface area contributed by atoms with Gasteiger partial charge in [0.2, 0.25) is 5.95 Å². The molecule has 0 amide bonds. The number of H-pyrrole nitrogens is 1. The third kappa shape index (κ3) is 3.35. The molecule has 1 spiro atoms. The first-order valence-corrected chi connectivity index (χ1v) is 11.3. The van der Waals surface area contributed by atoms with Crippen LogP contribution in [0, 0.1) is 11.8 Å². The number of benzene rings is 1. The lowest BCUT2D eigenvalue weighted by molar-refractivity contribution is 0.204. The molecule has 6 nitrogen and oxygen atoms in total. The highest BCUT2D eigenvalue weighted by atomic mass is 16.6. The van der Waals surface area contributed by atoms with Crippen molar-refractivity contribution in [2.75, 3.05) is 18.9 Å². The number of anilines is 1. The van der Waals surface area contributed by atoms with E-state index >= 15 is 0 Å². The van der Waals surface area contributed by atoms with Crippen LogP contribution in [0.1, 0.15) is 24.5 Å². The van der Waals surface area contributed by atoms with Crippen molar-refractivity contribution in [3.8, 4) is 11.3 Å². The van der Waals surface area contributed by atoms with Crippen LogP contribution >= 0.6 is 0 Å². The summed E-state index contributed by atoms with van der Waals surface area (Å²) in [5.74, 6) is 1.09. The first-order valence-electron chi connectivity index (χ1n) is 11.3. The molecule has 1 saturated heterocycles. The summed E-state index contributed by atoms with van der Waals surface area (Å²) in [5.41, 5.74) is 12.8. The van der Waals surface area contributed by atoms with Gasteiger partial charge in [-0.05, 0) is 47.4 Å². The fourth-order valence-electron chi connectivity index (χ4n) is 5.22. The Labute approximate surface area is 187 Å². The SMILES string of the molecule is CC1C=CC(CC2Cc3ccccc3CC23CO3)=c2c(-c3ccnc(N)n3)c[nH]c2=NC1. The number of hydrogen-bond donors (Lipinski definition) is 2. The number of aromatic amines is 1. The Bertz CT molecular complexity index is 1330. The molecule has 0 bridgehead atoms. The average Bonchev–Trinajstić information content (AvgIpc) is 3.43. The first kappa shape index (κ1) is 19.4. The molecule has 1 aromatic carbocycles. The average molecular weight is 426 g/mol. The van der Waals surface area contributed by atoms with Crippen LogP contribution in [0.25, 0.3) is 16.8 Å². The maximum absolute atomic E-state index is 6.12. The summed E-state index contributed by atoms with van der Waals surface area (Å²) >= 11 is 0. The number of nitrogen functional groups attached to an aromatic ring is 1. The summed E-state index contributed by atoms with van der Waals surface area (Å²) in [4.78, 5) is 16.8. The van der Waals surface area contributed by atoms with Gasteiger partial charge in [-0.1, -0.05) is 43.3 Å². The van der Waals surface area contributed by atoms with Crippen molar-refractivity contribution in [2.24, 2.45) is 16.8 Å². The minimum Gasteiger partial charge on any atom is -0.369 e. The van der Waals surface area contributed by atoms with E-state index in [0.717, 1.165) is 54.4 Å². The molecule has 3 N–H and O–H groups in total. The van der Waals surface area contributed by atoms with Crippen LogP contribution in [0.4, 0.5) is 5.95 Å². The van der Waals surface area contributed by atoms with Crippen molar-refractivity contribution < 1.29 is 4.74 Å². The van der Waals surface area contributed by atoms with Crippen molar-refractivity contribution in [1.29, 1.82) is 0 Å². The normalized spacial score (nSPS) is 26.1. The summed E-state index contributed by atoms with van der Waals surface area (Å²) in [6, 6.07) is 10.7. The lowest BCUT2D eigenvalue weighted by Gasteiger charge is -2.31. The zero-order valence-corrected chi connectivity index (χ0v) is 18.2. The van der Waals surface area contributed by atoms with Crippen LogP contribution in [0.5, 0.6) is 0 Å². The molecule has 6 rings (SSSR count). The van der Waals surface area contributed by atoms with Crippen molar-refractivity contribution in [3.05, 3.63) is 76.7 Å². The number of nitrogens with one attached hydrogen (secondary N) is 1. The van der Waals surface area contributed by atoms with Crippen LogP contribution in [-0.4, -0.2) is 33.7 Å². The Balaban J connectivity index is 1.49. The van der Waals surface area contributed by atoms with Gasteiger partial charge in [0, 0.05) is 36.1 Å². The van der Waals surface area contributed by atoms with E-state index in [9.17, 15) is 0 Å². The quantitative estimate of drug-likeness (QED) is 0.631. The van der Waals surface area contributed by atoms with Gasteiger partial charge in [0.15, 0.2) is 0 Å². The third-order valence-electron chi connectivity index (χ3n) is 7.09. The smallest absolute Gasteiger partial charge is 0.220 e. The Hall–Kier alpha value is -3.25. The molecule has 3 aliphatic rings. The van der Waals surface area contributed by atoms with Gasteiger partial charge in [-0.3, -0.25) is 4.99 Å². The number of aromatic nitrogens is 3. The summed E-state index contributed by atoms with van der Waals surface area (Å²) in [5, 5.41) is 1.13. The largest absolute Gasteiger partial charge is 0.369 e. The van der Waals surface area contributed by atoms with Gasteiger partial charge in [0.05, 0.1) is 17.9 Å². The second-order valence-electron chi connectivity index (χ2n) is 9.33. The highest BCUT2D eigenvalue weighted by Crippen LogP contribution is 2.47. The number of ether oxygens (including phenoxy) is 1.